The van der Waals surface area contributed by atoms with Crippen molar-refractivity contribution >= 4 is 18.4 Å². The van der Waals surface area contributed by atoms with Crippen LogP contribution in [0.5, 0.6) is 0 Å². The highest BCUT2D eigenvalue weighted by molar-refractivity contribution is 5.87. The van der Waals surface area contributed by atoms with Crippen molar-refractivity contribution in [1.82, 2.24) is 0 Å². The Morgan fingerprint density at radius 2 is 2.10 bits per heavy atom. The van der Waals surface area contributed by atoms with Crippen LogP contribution in [0.1, 0.15) is 13.8 Å². The molecule has 0 radical (unpaired) electrons. The highest BCUT2D eigenvalue weighted by Crippen LogP contribution is 1.92. The number of hydrogen-bond donors (Lipinski definition) is 1. The average Bonchev–Trinajstić information content (AvgIpc) is 1.63. The standard InChI is InChI=1S/C6H11NO2.ClH/c1-4(2)6(8)9-5(3)7;/h5H,1,7H2,2-3H3;1H. The Morgan fingerprint density at radius 3 is 2.20 bits per heavy atom. The molecule has 0 aliphatic heterocycles. The van der Waals surface area contributed by atoms with Gasteiger partial charge in [0.05, 0.1) is 0 Å². The summed E-state index contributed by atoms with van der Waals surface area (Å²) in [5.74, 6) is -0.440. The minimum Gasteiger partial charge on any atom is -0.444 e. The maximum absolute atomic E-state index is 10.6. The third-order valence-electron chi connectivity index (χ3n) is 0.641. The van der Waals surface area contributed by atoms with Crippen LogP contribution in [-0.4, -0.2) is 12.2 Å². The number of esters is 1. The molecular weight excluding hydrogens is 154 g/mol. The Hall–Kier alpha value is -0.540. The number of carbonyl (C=O) groups is 1. The summed E-state index contributed by atoms with van der Waals surface area (Å²) in [5.41, 5.74) is 5.51. The molecular formula is C6H12ClNO2. The molecule has 0 heterocycles. The number of hydrogen-bond acceptors (Lipinski definition) is 3. The summed E-state index contributed by atoms with van der Waals surface area (Å²) in [4.78, 5) is 10.6. The van der Waals surface area contributed by atoms with Crippen LogP contribution in [0.4, 0.5) is 0 Å². The Bertz CT molecular complexity index is 134. The second-order valence-corrected chi connectivity index (χ2v) is 1.89. The summed E-state index contributed by atoms with van der Waals surface area (Å²) >= 11 is 0. The van der Waals surface area contributed by atoms with E-state index >= 15 is 0 Å². The van der Waals surface area contributed by atoms with Gasteiger partial charge >= 0.3 is 5.97 Å². The molecule has 0 rings (SSSR count). The topological polar surface area (TPSA) is 52.3 Å². The van der Waals surface area contributed by atoms with Gasteiger partial charge in [0.2, 0.25) is 0 Å². The second-order valence-electron chi connectivity index (χ2n) is 1.89. The van der Waals surface area contributed by atoms with E-state index in [1.807, 2.05) is 0 Å². The van der Waals surface area contributed by atoms with Crippen molar-refractivity contribution in [3.05, 3.63) is 12.2 Å². The first-order valence-electron chi connectivity index (χ1n) is 2.66. The second kappa shape index (κ2) is 5.26. The Labute approximate surface area is 66.6 Å². The van der Waals surface area contributed by atoms with E-state index in [0.717, 1.165) is 0 Å². The summed E-state index contributed by atoms with van der Waals surface area (Å²) in [6, 6.07) is 0. The third-order valence-corrected chi connectivity index (χ3v) is 0.641. The molecule has 0 aliphatic rings. The summed E-state index contributed by atoms with van der Waals surface area (Å²) in [6.07, 6.45) is -0.547. The Kier molecular flexibility index (Phi) is 6.40. The SMILES string of the molecule is C=C(C)C(=O)OC(C)N.Cl. The minimum atomic E-state index is -0.547. The zero-order valence-electron chi connectivity index (χ0n) is 6.09. The van der Waals surface area contributed by atoms with Crippen molar-refractivity contribution in [2.24, 2.45) is 5.73 Å². The van der Waals surface area contributed by atoms with Crippen molar-refractivity contribution in [2.75, 3.05) is 0 Å². The lowest BCUT2D eigenvalue weighted by molar-refractivity contribution is -0.143. The Morgan fingerprint density at radius 1 is 1.70 bits per heavy atom. The van der Waals surface area contributed by atoms with Crippen LogP contribution in [0.3, 0.4) is 0 Å². The predicted molar refractivity (Wildman–Crippen MR) is 41.8 cm³/mol. The van der Waals surface area contributed by atoms with Gasteiger partial charge in [-0.25, -0.2) is 4.79 Å². The molecule has 2 N–H and O–H groups in total. The largest absolute Gasteiger partial charge is 0.444 e. The lowest BCUT2D eigenvalue weighted by Crippen LogP contribution is -2.23. The van der Waals surface area contributed by atoms with Gasteiger partial charge in [-0.1, -0.05) is 6.58 Å². The molecule has 0 aliphatic carbocycles. The highest BCUT2D eigenvalue weighted by atomic mass is 35.5. The van der Waals surface area contributed by atoms with Crippen molar-refractivity contribution < 1.29 is 9.53 Å². The maximum atomic E-state index is 10.6. The van der Waals surface area contributed by atoms with Crippen LogP contribution < -0.4 is 5.73 Å². The van der Waals surface area contributed by atoms with Gasteiger partial charge in [-0.15, -0.1) is 12.4 Å². The molecule has 0 aromatic heterocycles. The normalized spacial score (nSPS) is 11.1. The fraction of sp³-hybridized carbons (Fsp3) is 0.500. The molecule has 4 heteroatoms. The van der Waals surface area contributed by atoms with E-state index in [1.54, 1.807) is 13.8 Å². The van der Waals surface area contributed by atoms with Gasteiger partial charge in [-0.05, 0) is 13.8 Å². The predicted octanol–water partition coefficient (Wildman–Crippen LogP) is 0.832. The third kappa shape index (κ3) is 5.59. The molecule has 0 saturated heterocycles. The summed E-state index contributed by atoms with van der Waals surface area (Å²) in [6.45, 7) is 6.54. The maximum Gasteiger partial charge on any atom is 0.334 e. The van der Waals surface area contributed by atoms with E-state index in [1.165, 1.54) is 0 Å². The lowest BCUT2D eigenvalue weighted by atomic mass is 10.4. The zero-order valence-corrected chi connectivity index (χ0v) is 6.90. The van der Waals surface area contributed by atoms with Crippen molar-refractivity contribution in [1.29, 1.82) is 0 Å². The molecule has 1 atom stereocenters. The summed E-state index contributed by atoms with van der Waals surface area (Å²) < 4.78 is 4.55. The van der Waals surface area contributed by atoms with Gasteiger partial charge in [0, 0.05) is 5.57 Å². The van der Waals surface area contributed by atoms with Crippen LogP contribution in [0, 0.1) is 0 Å². The van der Waals surface area contributed by atoms with Gasteiger partial charge in [-0.3, -0.25) is 5.73 Å². The van der Waals surface area contributed by atoms with E-state index < -0.39 is 12.2 Å². The van der Waals surface area contributed by atoms with Gasteiger partial charge < -0.3 is 4.74 Å². The van der Waals surface area contributed by atoms with Crippen molar-refractivity contribution in [3.8, 4) is 0 Å². The quantitative estimate of drug-likeness (QED) is 0.375. The molecule has 0 aromatic rings. The average molecular weight is 166 g/mol. The van der Waals surface area contributed by atoms with Crippen LogP contribution in [0.2, 0.25) is 0 Å². The van der Waals surface area contributed by atoms with Gasteiger partial charge in [0.15, 0.2) is 0 Å². The molecule has 1 unspecified atom stereocenters. The number of rotatable bonds is 2. The van der Waals surface area contributed by atoms with Crippen LogP contribution in [0.15, 0.2) is 12.2 Å². The number of nitrogens with two attached hydrogens (primary N) is 1. The molecule has 3 nitrogen and oxygen atoms in total. The number of ether oxygens (including phenoxy) is 1. The molecule has 0 bridgehead atoms. The first kappa shape index (κ1) is 12.2. The van der Waals surface area contributed by atoms with E-state index in [0.29, 0.717) is 5.57 Å². The van der Waals surface area contributed by atoms with Crippen LogP contribution >= 0.6 is 12.4 Å². The molecule has 0 saturated carbocycles. The fourth-order valence-corrected chi connectivity index (χ4v) is 0.269. The van der Waals surface area contributed by atoms with Crippen molar-refractivity contribution in [2.45, 2.75) is 20.1 Å². The highest BCUT2D eigenvalue weighted by Gasteiger charge is 2.03. The number of carbonyl (C=O) groups excluding carboxylic acids is 1. The Balaban J connectivity index is 0. The monoisotopic (exact) mass is 165 g/mol. The lowest BCUT2D eigenvalue weighted by Gasteiger charge is -2.05. The molecule has 0 spiro atoms. The molecule has 10 heavy (non-hydrogen) atoms. The minimum absolute atomic E-state index is 0. The zero-order chi connectivity index (χ0) is 7.44. The van der Waals surface area contributed by atoms with Crippen LogP contribution in [0.25, 0.3) is 0 Å². The molecule has 0 aromatic carbocycles. The first-order chi connectivity index (χ1) is 4.04. The molecule has 0 amide bonds. The fourth-order valence-electron chi connectivity index (χ4n) is 0.269. The molecule has 60 valence electrons. The summed E-state index contributed by atoms with van der Waals surface area (Å²) in [5, 5.41) is 0. The van der Waals surface area contributed by atoms with Crippen LogP contribution in [-0.2, 0) is 9.53 Å². The van der Waals surface area contributed by atoms with E-state index in [2.05, 4.69) is 11.3 Å². The molecule has 0 fully saturated rings. The smallest absolute Gasteiger partial charge is 0.334 e. The van der Waals surface area contributed by atoms with Gasteiger partial charge in [0.1, 0.15) is 6.23 Å². The number of halogens is 1. The van der Waals surface area contributed by atoms with E-state index in [4.69, 9.17) is 5.73 Å². The van der Waals surface area contributed by atoms with Gasteiger partial charge in [0.25, 0.3) is 0 Å². The first-order valence-corrected chi connectivity index (χ1v) is 2.66. The summed E-state index contributed by atoms with van der Waals surface area (Å²) in [7, 11) is 0. The van der Waals surface area contributed by atoms with Gasteiger partial charge in [-0.2, -0.15) is 0 Å². The van der Waals surface area contributed by atoms with E-state index in [9.17, 15) is 4.79 Å². The van der Waals surface area contributed by atoms with Crippen molar-refractivity contribution in [3.63, 3.8) is 0 Å². The van der Waals surface area contributed by atoms with E-state index in [-0.39, 0.29) is 12.4 Å².